The maximum Gasteiger partial charge on any atom is 0.0879 e. The second-order valence-corrected chi connectivity index (χ2v) is 18.1. The molecule has 0 saturated heterocycles. The first-order chi connectivity index (χ1) is 12.5. The van der Waals surface area contributed by atoms with Crippen molar-refractivity contribution in [2.75, 3.05) is 0 Å². The standard InChI is InChI=1S/3CH5ClO6P2.2Mo/c3*2-1(9(3,4)5)10(6,7)8;;/h3*1H,(H2,3,4,5)(H2,6,7,8);;/p-12. The molecule has 0 amide bonds. The number of rotatable bonds is 6. The van der Waals surface area contributed by atoms with Crippen LogP contribution in [0.5, 0.6) is 0 Å². The summed E-state index contributed by atoms with van der Waals surface area (Å²) < 4.78 is 58.5. The molecule has 0 saturated carbocycles. The van der Waals surface area contributed by atoms with Gasteiger partial charge in [-0.2, -0.15) is 0 Å². The van der Waals surface area contributed by atoms with Gasteiger partial charge in [0.2, 0.25) is 0 Å². The molecule has 0 aromatic carbocycles. The van der Waals surface area contributed by atoms with Crippen molar-refractivity contribution in [2.24, 2.45) is 0 Å². The zero-order valence-electron chi connectivity index (χ0n) is 13.7. The van der Waals surface area contributed by atoms with Gasteiger partial charge in [-0.15, -0.1) is 34.8 Å². The van der Waals surface area contributed by atoms with Crippen LogP contribution in [0.3, 0.4) is 0 Å². The Labute approximate surface area is 221 Å². The van der Waals surface area contributed by atoms with Gasteiger partial charge < -0.3 is 86.1 Å². The number of alkyl halides is 3. The summed E-state index contributed by atoms with van der Waals surface area (Å²) in [5, 5.41) is 0. The molecule has 0 aliphatic carbocycles. The molecule has 0 spiro atoms. The average Bonchev–Trinajstić information content (AvgIpc) is 2.40. The van der Waals surface area contributed by atoms with Crippen molar-refractivity contribution in [1.82, 2.24) is 0 Å². The molecule has 0 aromatic rings. The SMILES string of the molecule is O=P([O-])([O-])C(Cl)P(=O)([O-])[O-].O=P([O-])([O-])C(Cl)P(=O)([O-])[O-].O=P([O-])([O-])C(Cl)P(=O)([O-])[O-].[Mo].[Mo]. The van der Waals surface area contributed by atoms with Gasteiger partial charge in [-0.3, -0.25) is 0 Å². The molecule has 32 heavy (non-hydrogen) atoms. The quantitative estimate of drug-likeness (QED) is 0.136. The summed E-state index contributed by atoms with van der Waals surface area (Å²) in [5.41, 5.74) is 0. The summed E-state index contributed by atoms with van der Waals surface area (Å²) in [6.45, 7) is 0. The first kappa shape index (κ1) is 45.1. The van der Waals surface area contributed by atoms with Gasteiger partial charge >= 0.3 is 0 Å². The van der Waals surface area contributed by atoms with Crippen molar-refractivity contribution in [3.8, 4) is 0 Å². The van der Waals surface area contributed by atoms with E-state index in [2.05, 4.69) is 34.8 Å². The largest absolute Gasteiger partial charge is 0.809 e. The maximum atomic E-state index is 9.75. The van der Waals surface area contributed by atoms with Crippen LogP contribution < -0.4 is 58.7 Å². The Kier molecular flexibility index (Phi) is 22.8. The molecule has 0 bridgehead atoms. The third kappa shape index (κ3) is 22.4. The van der Waals surface area contributed by atoms with E-state index in [1.54, 1.807) is 0 Å². The van der Waals surface area contributed by atoms with Crippen LogP contribution in [0.4, 0.5) is 0 Å². The topological polar surface area (TPSA) is 379 Å². The van der Waals surface area contributed by atoms with Gasteiger partial charge in [0, 0.05) is 42.1 Å². The molecule has 0 aromatic heterocycles. The fourth-order valence-electron chi connectivity index (χ4n) is 0.520. The van der Waals surface area contributed by atoms with Gasteiger partial charge in [-0.25, -0.2) is 0 Å². The van der Waals surface area contributed by atoms with E-state index in [0.717, 1.165) is 0 Å². The van der Waals surface area contributed by atoms with Gasteiger partial charge in [0.25, 0.3) is 0 Å². The van der Waals surface area contributed by atoms with Crippen molar-refractivity contribution in [3.05, 3.63) is 0 Å². The molecule has 0 N–H and O–H groups in total. The molecular formula is C3H3Cl3Mo2O18P6-12. The Morgan fingerprint density at radius 3 is 0.406 bits per heavy atom. The predicted molar refractivity (Wildman–Crippen MR) is 74.6 cm³/mol. The minimum Gasteiger partial charge on any atom is -0.809 e. The molecule has 0 heterocycles. The number of hydrogen-bond donors (Lipinski definition) is 0. The van der Waals surface area contributed by atoms with Crippen molar-refractivity contribution in [1.29, 1.82) is 0 Å². The third-order valence-electron chi connectivity index (χ3n) is 1.57. The first-order valence-corrected chi connectivity index (χ1v) is 16.5. The van der Waals surface area contributed by atoms with E-state index in [0.29, 0.717) is 0 Å². The van der Waals surface area contributed by atoms with E-state index >= 15 is 0 Å². The van der Waals surface area contributed by atoms with E-state index in [-0.39, 0.29) is 42.1 Å². The van der Waals surface area contributed by atoms with Crippen LogP contribution in [0.2, 0.25) is 0 Å². The first-order valence-electron chi connectivity index (χ1n) is 5.49. The molecule has 0 radical (unpaired) electrons. The van der Waals surface area contributed by atoms with E-state index < -0.39 is 60.2 Å². The summed E-state index contributed by atoms with van der Waals surface area (Å²) in [5.74, 6) is 0. The van der Waals surface area contributed by atoms with E-state index in [1.807, 2.05) is 0 Å². The molecule has 0 aliphatic heterocycles. The predicted octanol–water partition coefficient (Wildman–Crippen LogP) is -8.00. The molecular weight excluding hydrogens is 808 g/mol. The van der Waals surface area contributed by atoms with Gasteiger partial charge in [0.1, 0.15) is 0 Å². The van der Waals surface area contributed by atoms with Crippen LogP contribution in [-0.4, -0.2) is 14.6 Å². The number of halogens is 3. The second-order valence-electron chi connectivity index (χ2n) is 4.17. The van der Waals surface area contributed by atoms with Gasteiger partial charge in [-0.1, -0.05) is 0 Å². The Morgan fingerprint density at radius 1 is 0.344 bits per heavy atom. The van der Waals surface area contributed by atoms with E-state index in [9.17, 15) is 86.1 Å². The molecule has 29 heteroatoms. The fraction of sp³-hybridized carbons (Fsp3) is 1.00. The fourth-order valence-corrected chi connectivity index (χ4v) is 4.68. The zero-order chi connectivity index (χ0) is 25.7. The zero-order valence-corrected chi connectivity index (χ0v) is 25.4. The summed E-state index contributed by atoms with van der Waals surface area (Å²) in [7, 11) is -33.0. The minimum absolute atomic E-state index is 0. The van der Waals surface area contributed by atoms with Crippen LogP contribution in [0.1, 0.15) is 0 Å². The van der Waals surface area contributed by atoms with Crippen molar-refractivity contribution in [2.45, 2.75) is 14.6 Å². The van der Waals surface area contributed by atoms with Crippen LogP contribution in [0.15, 0.2) is 0 Å². The van der Waals surface area contributed by atoms with Crippen LogP contribution in [-0.2, 0) is 69.5 Å². The molecule has 0 fully saturated rings. The molecule has 18 nitrogen and oxygen atoms in total. The molecule has 0 aliphatic rings. The maximum absolute atomic E-state index is 9.75. The van der Waals surface area contributed by atoms with Gasteiger partial charge in [0.05, 0.1) is 14.6 Å². The second kappa shape index (κ2) is 16.2. The Balaban J connectivity index is -0.000000110. The van der Waals surface area contributed by atoms with E-state index in [4.69, 9.17) is 0 Å². The molecule has 0 rings (SSSR count). The minimum atomic E-state index is -5.50. The third-order valence-corrected chi connectivity index (χ3v) is 14.1. The molecule has 0 atom stereocenters. The van der Waals surface area contributed by atoms with Crippen LogP contribution in [0, 0.1) is 0 Å². The van der Waals surface area contributed by atoms with Crippen LogP contribution in [0.25, 0.3) is 0 Å². The summed E-state index contributed by atoms with van der Waals surface area (Å²) >= 11 is 13.4. The monoisotopic (exact) mass is 813 g/mol. The summed E-state index contributed by atoms with van der Waals surface area (Å²) in [6.07, 6.45) is 0. The van der Waals surface area contributed by atoms with E-state index in [1.165, 1.54) is 0 Å². The molecule has 198 valence electrons. The van der Waals surface area contributed by atoms with Crippen molar-refractivity contribution < 1.29 is 128 Å². The normalized spacial score (nSPS) is 13.3. The van der Waals surface area contributed by atoms with Crippen LogP contribution >= 0.6 is 80.4 Å². The summed E-state index contributed by atoms with van der Waals surface area (Å²) in [6, 6.07) is 0. The Morgan fingerprint density at radius 2 is 0.406 bits per heavy atom. The van der Waals surface area contributed by atoms with Gasteiger partial charge in [0.15, 0.2) is 0 Å². The van der Waals surface area contributed by atoms with Crippen molar-refractivity contribution >= 4 is 80.4 Å². The van der Waals surface area contributed by atoms with Crippen molar-refractivity contribution in [3.63, 3.8) is 0 Å². The number of hydrogen-bond acceptors (Lipinski definition) is 18. The Hall–Kier alpha value is 3.15. The smallest absolute Gasteiger partial charge is 0.0879 e. The molecule has 0 unspecified atom stereocenters. The van der Waals surface area contributed by atoms with Gasteiger partial charge in [-0.05, 0) is 45.6 Å². The Bertz CT molecular complexity index is 654. The summed E-state index contributed by atoms with van der Waals surface area (Å²) in [4.78, 5) is 108. The average molecular weight is 811 g/mol.